The number of aromatic nitrogens is 2. The number of para-hydroxylation sites is 2. The first-order valence-electron chi connectivity index (χ1n) is 25.5. The van der Waals surface area contributed by atoms with Crippen molar-refractivity contribution in [2.24, 2.45) is 0 Å². The van der Waals surface area contributed by atoms with Gasteiger partial charge in [0.2, 0.25) is 0 Å². The van der Waals surface area contributed by atoms with Crippen LogP contribution in [-0.4, -0.2) is 9.55 Å². The van der Waals surface area contributed by atoms with E-state index < -0.39 is 0 Å². The molecule has 376 valence electrons. The van der Waals surface area contributed by atoms with Crippen LogP contribution >= 0.6 is 0 Å². The van der Waals surface area contributed by atoms with E-state index in [0.717, 1.165) is 67.1 Å². The smallest absolute Gasteiger partial charge is 0.135 e. The van der Waals surface area contributed by atoms with Gasteiger partial charge >= 0.3 is 0 Å². The first-order chi connectivity index (χ1) is 33.9. The van der Waals surface area contributed by atoms with E-state index in [1.54, 1.807) is 0 Å². The molecule has 10 rings (SSSR count). The second-order valence-electron chi connectivity index (χ2n) is 24.2. The average Bonchev–Trinajstić information content (AvgIpc) is 3.86. The molecule has 2 aromatic heterocycles. The molecule has 5 nitrogen and oxygen atoms in total. The molecule has 0 N–H and O–H groups in total. The Morgan fingerprint density at radius 2 is 1.07 bits per heavy atom. The van der Waals surface area contributed by atoms with Crippen LogP contribution in [0.2, 0.25) is 0 Å². The quantitative estimate of drug-likeness (QED) is 0.149. The number of hydrogen-bond donors (Lipinski definition) is 0. The maximum Gasteiger partial charge on any atom is 0.135 e. The summed E-state index contributed by atoms with van der Waals surface area (Å²) in [7, 11) is 0. The van der Waals surface area contributed by atoms with Crippen molar-refractivity contribution >= 4 is 44.6 Å². The average molecular weight is 1140 g/mol. The van der Waals surface area contributed by atoms with E-state index >= 15 is 0 Å². The Kier molecular flexibility index (Phi) is 13.3. The minimum Gasteiger partial charge on any atom is -0.509 e. The summed E-state index contributed by atoms with van der Waals surface area (Å²) in [5.41, 5.74) is 20.0. The van der Waals surface area contributed by atoms with Crippen LogP contribution in [0, 0.1) is 39.6 Å². The van der Waals surface area contributed by atoms with Gasteiger partial charge in [-0.25, -0.2) is 4.98 Å². The van der Waals surface area contributed by atoms with Crippen LogP contribution in [0.15, 0.2) is 140 Å². The van der Waals surface area contributed by atoms with Crippen molar-refractivity contribution < 1.29 is 25.8 Å². The molecule has 0 amide bonds. The Hall–Kier alpha value is -6.42. The number of anilines is 4. The van der Waals surface area contributed by atoms with Crippen LogP contribution < -0.4 is 14.5 Å². The molecule has 3 heterocycles. The van der Waals surface area contributed by atoms with Crippen LogP contribution in [0.4, 0.5) is 22.7 Å². The van der Waals surface area contributed by atoms with Crippen molar-refractivity contribution in [2.45, 2.75) is 126 Å². The molecule has 0 saturated heterocycles. The van der Waals surface area contributed by atoms with Crippen LogP contribution in [0.1, 0.15) is 122 Å². The van der Waals surface area contributed by atoms with Crippen LogP contribution in [0.25, 0.3) is 49.9 Å². The van der Waals surface area contributed by atoms with Crippen molar-refractivity contribution in [1.29, 1.82) is 0 Å². The number of aryl methyl sites for hydroxylation is 3. The molecule has 9 aromatic rings. The van der Waals surface area contributed by atoms with Crippen molar-refractivity contribution in [3.05, 3.63) is 197 Å². The van der Waals surface area contributed by atoms with E-state index in [-0.39, 0.29) is 42.7 Å². The Balaban J connectivity index is 0.00000656. The van der Waals surface area contributed by atoms with Gasteiger partial charge in [0.1, 0.15) is 5.82 Å². The van der Waals surface area contributed by atoms with Gasteiger partial charge < -0.3 is 19.1 Å². The zero-order valence-electron chi connectivity index (χ0n) is 45.4. The third-order valence-corrected chi connectivity index (χ3v) is 14.5. The number of hydrogen-bond acceptors (Lipinski definition) is 4. The monoisotopic (exact) mass is 1140 g/mol. The maximum atomic E-state index is 6.78. The molecular formula is C67H69N4OPt-3. The Morgan fingerprint density at radius 3 is 1.67 bits per heavy atom. The molecule has 0 spiro atoms. The third kappa shape index (κ3) is 9.91. The zero-order valence-corrected chi connectivity index (χ0v) is 47.6. The summed E-state index contributed by atoms with van der Waals surface area (Å²) < 4.78 is 9.02. The summed E-state index contributed by atoms with van der Waals surface area (Å²) in [6.45, 7) is 36.2. The Bertz CT molecular complexity index is 3500. The van der Waals surface area contributed by atoms with Gasteiger partial charge in [0.15, 0.2) is 0 Å². The van der Waals surface area contributed by atoms with Gasteiger partial charge in [-0.1, -0.05) is 155 Å². The van der Waals surface area contributed by atoms with E-state index in [0.29, 0.717) is 11.5 Å². The maximum absolute atomic E-state index is 6.78. The molecule has 0 fully saturated rings. The molecule has 0 radical (unpaired) electrons. The van der Waals surface area contributed by atoms with Gasteiger partial charge in [-0.2, -0.15) is 12.1 Å². The minimum atomic E-state index is -0.0116. The first kappa shape index (κ1) is 51.5. The number of rotatable bonds is 7. The summed E-state index contributed by atoms with van der Waals surface area (Å²) in [6.07, 6.45) is 2.02. The summed E-state index contributed by atoms with van der Waals surface area (Å²) >= 11 is 0. The van der Waals surface area contributed by atoms with Crippen molar-refractivity contribution in [2.75, 3.05) is 9.80 Å². The van der Waals surface area contributed by atoms with Gasteiger partial charge in [-0.05, 0) is 140 Å². The minimum absolute atomic E-state index is 0. The van der Waals surface area contributed by atoms with Gasteiger partial charge in [0, 0.05) is 66.9 Å². The fourth-order valence-electron chi connectivity index (χ4n) is 10.2. The van der Waals surface area contributed by atoms with Crippen molar-refractivity contribution in [3.63, 3.8) is 0 Å². The molecular weight excluding hydrogens is 1070 g/mol. The zero-order chi connectivity index (χ0) is 51.2. The van der Waals surface area contributed by atoms with Crippen LogP contribution in [0.3, 0.4) is 0 Å². The van der Waals surface area contributed by atoms with E-state index in [1.165, 1.54) is 44.5 Å². The topological polar surface area (TPSA) is 33.5 Å². The number of benzene rings is 7. The predicted octanol–water partition coefficient (Wildman–Crippen LogP) is 18.4. The van der Waals surface area contributed by atoms with Crippen molar-refractivity contribution in [3.8, 4) is 39.6 Å². The van der Waals surface area contributed by atoms with E-state index in [4.69, 9.17) is 9.72 Å². The second kappa shape index (κ2) is 18.8. The van der Waals surface area contributed by atoms with Gasteiger partial charge in [0.25, 0.3) is 0 Å². The number of ether oxygens (including phenoxy) is 1. The molecule has 73 heavy (non-hydrogen) atoms. The third-order valence-electron chi connectivity index (χ3n) is 14.5. The van der Waals surface area contributed by atoms with Gasteiger partial charge in [-0.3, -0.25) is 0 Å². The molecule has 6 heteroatoms. The predicted molar refractivity (Wildman–Crippen MR) is 304 cm³/mol. The first-order valence-corrected chi connectivity index (χ1v) is 25.5. The van der Waals surface area contributed by atoms with Crippen LogP contribution in [-0.2, 0) is 42.7 Å². The molecule has 7 aromatic carbocycles. The van der Waals surface area contributed by atoms with Crippen molar-refractivity contribution in [1.82, 2.24) is 9.55 Å². The summed E-state index contributed by atoms with van der Waals surface area (Å²) in [5, 5.41) is 2.21. The Labute approximate surface area is 449 Å². The Morgan fingerprint density at radius 1 is 0.493 bits per heavy atom. The van der Waals surface area contributed by atoms with Gasteiger partial charge in [-0.15, -0.1) is 48.1 Å². The summed E-state index contributed by atoms with van der Waals surface area (Å²) in [5.74, 6) is 2.02. The fraction of sp³-hybridized carbons (Fsp3) is 0.284. The van der Waals surface area contributed by atoms with E-state index in [1.807, 2.05) is 24.4 Å². The molecule has 0 bridgehead atoms. The number of fused-ring (bicyclic) bond motifs is 4. The largest absolute Gasteiger partial charge is 0.509 e. The molecule has 1 aliphatic heterocycles. The van der Waals surface area contributed by atoms with E-state index in [9.17, 15) is 0 Å². The van der Waals surface area contributed by atoms with Gasteiger partial charge in [0.05, 0.1) is 0 Å². The summed E-state index contributed by atoms with van der Waals surface area (Å²) in [4.78, 5) is 9.72. The molecule has 1 aliphatic rings. The summed E-state index contributed by atoms with van der Waals surface area (Å²) in [6, 6.07) is 56.0. The second-order valence-corrected chi connectivity index (χ2v) is 24.2. The SMILES string of the molecule is Cc1cc(-n2c3[c-]c(Oc4[c-]c(N5[CH-]N(c6cc(C(C)(C)C)cc(C(C)(C)C)c6)c6ccccc65)ccc4)ccc3c3cc(-c4c(C)cc(C(C)(C)C)cc4C)ccc32)ncc1-c1ccc(C(C)(C)C)cc1.[Pt]. The molecule has 0 unspecified atom stereocenters. The molecule has 0 saturated carbocycles. The van der Waals surface area contributed by atoms with E-state index in [2.05, 4.69) is 252 Å². The fourth-order valence-corrected chi connectivity index (χ4v) is 10.2. The van der Waals surface area contributed by atoms with Crippen LogP contribution in [0.5, 0.6) is 11.5 Å². The number of pyridine rings is 1. The molecule has 0 atom stereocenters. The standard InChI is InChI=1S/C67H69N4O.Pt/c1-42-33-62(68-40-57(42)45-23-26-47(27-24-45)64(4,5)6)71-58-30-25-46(63-43(2)31-48(32-44(63)3)65(7,8)9)34-56(58)55-29-28-54(39-61(55)71)72-53-20-18-19-51(38-53)69-41-70(60-22-17-16-21-59(60)69)52-36-49(66(10,11)12)35-50(37-52)67(13,14)15;/h16-37,40-41H,1-15H3;/q-3;. The normalized spacial score (nSPS) is 13.2. The number of nitrogens with zero attached hydrogens (tertiary/aromatic N) is 4. The molecule has 0 aliphatic carbocycles.